The van der Waals surface area contributed by atoms with Crippen molar-refractivity contribution < 1.29 is 19.8 Å². The van der Waals surface area contributed by atoms with Gasteiger partial charge in [-0.1, -0.05) is 13.3 Å². The number of aliphatic hydroxyl groups is 1. The monoisotopic (exact) mass is 258 g/mol. The second kappa shape index (κ2) is 6.58. The van der Waals surface area contributed by atoms with Crippen molar-refractivity contribution in [2.75, 3.05) is 13.1 Å². The van der Waals surface area contributed by atoms with Crippen LogP contribution in [0.3, 0.4) is 0 Å². The molecule has 1 unspecified atom stereocenters. The molecule has 2 amide bonds. The van der Waals surface area contributed by atoms with Crippen molar-refractivity contribution in [3.05, 3.63) is 0 Å². The molecule has 1 rings (SSSR count). The van der Waals surface area contributed by atoms with Gasteiger partial charge in [0.1, 0.15) is 0 Å². The van der Waals surface area contributed by atoms with E-state index in [0.29, 0.717) is 12.0 Å². The number of aliphatic hydroxyl groups excluding tert-OH is 1. The van der Waals surface area contributed by atoms with E-state index in [1.54, 1.807) is 0 Å². The lowest BCUT2D eigenvalue weighted by atomic mass is 10.0. The Hall–Kier alpha value is -1.30. The van der Waals surface area contributed by atoms with Gasteiger partial charge in [0.05, 0.1) is 0 Å². The number of nitrogens with one attached hydrogen (secondary N) is 2. The molecule has 104 valence electrons. The molecule has 0 aliphatic heterocycles. The van der Waals surface area contributed by atoms with Crippen LogP contribution in [0.4, 0.5) is 4.79 Å². The van der Waals surface area contributed by atoms with E-state index in [0.717, 1.165) is 12.8 Å². The maximum absolute atomic E-state index is 11.4. The number of hydrogen-bond acceptors (Lipinski definition) is 3. The number of aliphatic carboxylic acids is 1. The largest absolute Gasteiger partial charge is 0.479 e. The topological polar surface area (TPSA) is 98.7 Å². The maximum atomic E-state index is 11.4. The first kappa shape index (κ1) is 14.8. The van der Waals surface area contributed by atoms with Crippen molar-refractivity contribution in [2.45, 2.75) is 45.1 Å². The molecule has 0 radical (unpaired) electrons. The summed E-state index contributed by atoms with van der Waals surface area (Å²) in [5.41, 5.74) is 0.298. The molecule has 1 aliphatic rings. The van der Waals surface area contributed by atoms with Gasteiger partial charge in [-0.2, -0.15) is 0 Å². The number of rotatable bonds is 8. The minimum Gasteiger partial charge on any atom is -0.479 e. The highest BCUT2D eigenvalue weighted by Gasteiger charge is 2.41. The number of carbonyl (C=O) groups is 2. The van der Waals surface area contributed by atoms with E-state index < -0.39 is 12.1 Å². The van der Waals surface area contributed by atoms with Gasteiger partial charge in [-0.15, -0.1) is 0 Å². The number of carboxylic acid groups (broad SMARTS) is 1. The van der Waals surface area contributed by atoms with Crippen molar-refractivity contribution in [1.82, 2.24) is 10.6 Å². The first-order valence-electron chi connectivity index (χ1n) is 6.42. The summed E-state index contributed by atoms with van der Waals surface area (Å²) >= 11 is 0. The third-order valence-corrected chi connectivity index (χ3v) is 3.35. The number of hydrogen-bond donors (Lipinski definition) is 4. The molecule has 0 aromatic rings. The van der Waals surface area contributed by atoms with Crippen LogP contribution >= 0.6 is 0 Å². The highest BCUT2D eigenvalue weighted by Crippen LogP contribution is 2.48. The predicted molar refractivity (Wildman–Crippen MR) is 66.2 cm³/mol. The Morgan fingerprint density at radius 1 is 1.33 bits per heavy atom. The van der Waals surface area contributed by atoms with Crippen molar-refractivity contribution in [1.29, 1.82) is 0 Å². The van der Waals surface area contributed by atoms with Crippen molar-refractivity contribution >= 4 is 12.0 Å². The fourth-order valence-corrected chi connectivity index (χ4v) is 2.00. The van der Waals surface area contributed by atoms with Gasteiger partial charge < -0.3 is 20.8 Å². The molecule has 0 saturated heterocycles. The van der Waals surface area contributed by atoms with Gasteiger partial charge in [-0.3, -0.25) is 0 Å². The molecule has 1 aliphatic carbocycles. The Balaban J connectivity index is 2.09. The second-order valence-corrected chi connectivity index (χ2v) is 5.00. The van der Waals surface area contributed by atoms with Gasteiger partial charge in [0, 0.05) is 19.5 Å². The molecular weight excluding hydrogens is 236 g/mol. The van der Waals surface area contributed by atoms with Crippen molar-refractivity contribution in [3.63, 3.8) is 0 Å². The van der Waals surface area contributed by atoms with E-state index >= 15 is 0 Å². The number of carbonyl (C=O) groups excluding carboxylic acids is 1. The zero-order valence-electron chi connectivity index (χ0n) is 10.7. The van der Waals surface area contributed by atoms with Crippen LogP contribution in [0, 0.1) is 5.41 Å². The van der Waals surface area contributed by atoms with E-state index in [1.165, 1.54) is 12.8 Å². The van der Waals surface area contributed by atoms with Crippen LogP contribution in [0.1, 0.15) is 39.0 Å². The zero-order chi connectivity index (χ0) is 13.6. The molecule has 1 saturated carbocycles. The molecule has 6 heteroatoms. The van der Waals surface area contributed by atoms with Gasteiger partial charge >= 0.3 is 12.0 Å². The first-order valence-corrected chi connectivity index (χ1v) is 6.42. The fraction of sp³-hybridized carbons (Fsp3) is 0.833. The zero-order valence-corrected chi connectivity index (χ0v) is 10.7. The Morgan fingerprint density at radius 2 is 2.00 bits per heavy atom. The van der Waals surface area contributed by atoms with Crippen molar-refractivity contribution in [2.24, 2.45) is 5.41 Å². The van der Waals surface area contributed by atoms with E-state index in [4.69, 9.17) is 10.2 Å². The minimum atomic E-state index is -1.42. The van der Waals surface area contributed by atoms with Crippen LogP contribution in [-0.4, -0.2) is 41.4 Å². The summed E-state index contributed by atoms with van der Waals surface area (Å²) in [5, 5.41) is 22.8. The smallest absolute Gasteiger partial charge is 0.332 e. The summed E-state index contributed by atoms with van der Waals surface area (Å²) in [5.74, 6) is -1.27. The number of amides is 2. The van der Waals surface area contributed by atoms with Crippen molar-refractivity contribution in [3.8, 4) is 0 Å². The van der Waals surface area contributed by atoms with E-state index in [-0.39, 0.29) is 19.0 Å². The quantitative estimate of drug-likeness (QED) is 0.515. The predicted octanol–water partition coefficient (Wildman–Crippen LogP) is 0.701. The Bertz CT molecular complexity index is 302. The molecule has 0 aromatic heterocycles. The molecular formula is C12H22N2O4. The van der Waals surface area contributed by atoms with E-state index in [2.05, 4.69) is 17.6 Å². The summed E-state index contributed by atoms with van der Waals surface area (Å²) < 4.78 is 0. The van der Waals surface area contributed by atoms with Crippen LogP contribution in [0.5, 0.6) is 0 Å². The summed E-state index contributed by atoms with van der Waals surface area (Å²) in [4.78, 5) is 21.8. The molecule has 0 spiro atoms. The first-order chi connectivity index (χ1) is 8.49. The second-order valence-electron chi connectivity index (χ2n) is 5.00. The average molecular weight is 258 g/mol. The SMILES string of the molecule is CCCC1(CNC(=O)NCCC(O)C(=O)O)CC1. The minimum absolute atomic E-state index is 0.0167. The molecule has 1 fully saturated rings. The molecule has 4 N–H and O–H groups in total. The van der Waals surface area contributed by atoms with Gasteiger partial charge in [0.2, 0.25) is 0 Å². The summed E-state index contributed by atoms with van der Waals surface area (Å²) in [6.07, 6.45) is 3.18. The summed E-state index contributed by atoms with van der Waals surface area (Å²) in [6, 6.07) is -0.296. The lowest BCUT2D eigenvalue weighted by molar-refractivity contribution is -0.146. The molecule has 0 bridgehead atoms. The highest BCUT2D eigenvalue weighted by molar-refractivity contribution is 5.74. The van der Waals surface area contributed by atoms with Gasteiger partial charge in [-0.05, 0) is 24.7 Å². The molecule has 0 heterocycles. The Morgan fingerprint density at radius 3 is 2.50 bits per heavy atom. The lowest BCUT2D eigenvalue weighted by Crippen LogP contribution is -2.40. The van der Waals surface area contributed by atoms with Crippen LogP contribution in [0.2, 0.25) is 0 Å². The average Bonchev–Trinajstić information content (AvgIpc) is 3.07. The Kier molecular flexibility index (Phi) is 5.40. The number of urea groups is 1. The summed E-state index contributed by atoms with van der Waals surface area (Å²) in [6.45, 7) is 2.96. The molecule has 1 atom stereocenters. The van der Waals surface area contributed by atoms with Crippen LogP contribution in [-0.2, 0) is 4.79 Å². The standard InChI is InChI=1S/C12H22N2O4/c1-2-4-12(5-6-12)8-14-11(18)13-7-3-9(15)10(16)17/h9,15H,2-8H2,1H3,(H,16,17)(H2,13,14,18). The fourth-order valence-electron chi connectivity index (χ4n) is 2.00. The van der Waals surface area contributed by atoms with Gasteiger partial charge in [-0.25, -0.2) is 9.59 Å². The molecule has 6 nitrogen and oxygen atoms in total. The molecule has 18 heavy (non-hydrogen) atoms. The van der Waals surface area contributed by atoms with Crippen LogP contribution in [0.25, 0.3) is 0 Å². The van der Waals surface area contributed by atoms with Gasteiger partial charge in [0.15, 0.2) is 6.10 Å². The van der Waals surface area contributed by atoms with Gasteiger partial charge in [0.25, 0.3) is 0 Å². The number of carboxylic acids is 1. The Labute approximate surface area is 107 Å². The summed E-state index contributed by atoms with van der Waals surface area (Å²) in [7, 11) is 0. The van der Waals surface area contributed by atoms with E-state index in [1.807, 2.05) is 0 Å². The third kappa shape index (κ3) is 4.91. The molecule has 0 aromatic carbocycles. The normalized spacial score (nSPS) is 17.9. The van der Waals surface area contributed by atoms with E-state index in [9.17, 15) is 9.59 Å². The third-order valence-electron chi connectivity index (χ3n) is 3.35. The lowest BCUT2D eigenvalue weighted by Gasteiger charge is -2.15. The van der Waals surface area contributed by atoms with Crippen LogP contribution < -0.4 is 10.6 Å². The van der Waals surface area contributed by atoms with Crippen LogP contribution in [0.15, 0.2) is 0 Å². The highest BCUT2D eigenvalue weighted by atomic mass is 16.4. The maximum Gasteiger partial charge on any atom is 0.332 e.